The van der Waals surface area contributed by atoms with Crippen LogP contribution in [-0.2, 0) is 0 Å². The summed E-state index contributed by atoms with van der Waals surface area (Å²) in [6, 6.07) is 9.22. The van der Waals surface area contributed by atoms with Gasteiger partial charge in [0.15, 0.2) is 0 Å². The molecule has 0 spiro atoms. The monoisotopic (exact) mass is 388 g/mol. The fraction of sp³-hybridized carbons (Fsp3) is 0. The summed E-state index contributed by atoms with van der Waals surface area (Å²) in [6.07, 6.45) is 0. The topological polar surface area (TPSA) is 0 Å². The normalized spacial score (nSPS) is 16.8. The molecule has 0 nitrogen and oxygen atoms in total. The average molecular weight is 388 g/mol. The molecule has 0 aromatic heterocycles. The van der Waals surface area contributed by atoms with Gasteiger partial charge in [0.05, 0.1) is 0 Å². The Bertz CT molecular complexity index is 2690. The molecule has 15 aromatic carbocycles. The van der Waals surface area contributed by atoms with Crippen molar-refractivity contribution in [2.24, 2.45) is 0 Å². The van der Waals surface area contributed by atoms with E-state index in [1.165, 1.54) is 0 Å². The van der Waals surface area contributed by atoms with Gasteiger partial charge in [-0.3, -0.25) is 0 Å². The zero-order valence-electron chi connectivity index (χ0n) is 16.3. The second-order valence-electron chi connectivity index (χ2n) is 11.3. The highest BCUT2D eigenvalue weighted by atomic mass is 14.5. The van der Waals surface area contributed by atoms with Crippen LogP contribution in [-0.4, -0.2) is 0 Å². The van der Waals surface area contributed by atoms with Crippen LogP contribution in [0.2, 0.25) is 0 Å². The third kappa shape index (κ3) is 0.580. The molecule has 0 heterocycles. The smallest absolute Gasteiger partial charge is 0.0000000000000204 e. The van der Waals surface area contributed by atoms with Crippen LogP contribution in [0.15, 0.2) is 24.3 Å². The van der Waals surface area contributed by atoms with Crippen molar-refractivity contribution in [3.63, 3.8) is 0 Å². The van der Waals surface area contributed by atoms with Gasteiger partial charge in [0.2, 0.25) is 0 Å². The Kier molecular flexibility index (Phi) is 0.913. The van der Waals surface area contributed by atoms with Crippen LogP contribution in [0.1, 0.15) is 0 Å². The minimum absolute atomic E-state index is 1.54. The molecule has 0 radical (unpaired) electrons. The van der Waals surface area contributed by atoms with Crippen LogP contribution in [0.3, 0.4) is 0 Å². The van der Waals surface area contributed by atoms with Gasteiger partial charge in [0.1, 0.15) is 0 Å². The zero-order valence-corrected chi connectivity index (χ0v) is 16.3. The Balaban J connectivity index is 1.12. The lowest BCUT2D eigenvalue weighted by Crippen LogP contribution is -2.13. The molecular weight excluding hydrogens is 384 g/mol. The van der Waals surface area contributed by atoms with Gasteiger partial charge in [-0.1, -0.05) is 24.3 Å². The average Bonchev–Trinajstić information content (AvgIpc) is 2.70. The standard InChI is InChI=1S/C32H4/c1-2-6-5(1)9-10(6)14-13(9)17-18(14)22-21(17)25-26(22)30-29(25)31-27-23-19-15-11-7-3-4-8(7)12(11)16(15)20(19)24(23)28(27)32(30)31/h1-4H. The van der Waals surface area contributed by atoms with Gasteiger partial charge in [-0.15, -0.1) is 0 Å². The predicted molar refractivity (Wildman–Crippen MR) is 139 cm³/mol. The van der Waals surface area contributed by atoms with Gasteiger partial charge >= 0.3 is 0 Å². The molecule has 0 saturated carbocycles. The summed E-state index contributed by atoms with van der Waals surface area (Å²) in [6.45, 7) is 0. The summed E-state index contributed by atoms with van der Waals surface area (Å²) < 4.78 is 0. The van der Waals surface area contributed by atoms with E-state index in [1.54, 1.807) is 151 Å². The molecule has 132 valence electrons. The Morgan fingerprint density at radius 2 is 0.281 bits per heavy atom. The number of rotatable bonds is 0. The third-order valence-corrected chi connectivity index (χ3v) is 11.0. The van der Waals surface area contributed by atoms with Crippen LogP contribution in [0, 0.1) is 0 Å². The maximum absolute atomic E-state index is 2.30. The number of fused-ring (bicyclic) bond motifs is 40. The van der Waals surface area contributed by atoms with Crippen LogP contribution in [0.4, 0.5) is 0 Å². The first-order valence-electron chi connectivity index (χ1n) is 11.8. The Morgan fingerprint density at radius 1 is 0.156 bits per heavy atom. The van der Waals surface area contributed by atoms with Crippen molar-refractivity contribution in [3.05, 3.63) is 24.3 Å². The van der Waals surface area contributed by atoms with Gasteiger partial charge in [0.25, 0.3) is 0 Å². The molecule has 0 aliphatic heterocycles. The van der Waals surface area contributed by atoms with Crippen LogP contribution >= 0.6 is 0 Å². The summed E-state index contributed by atoms with van der Waals surface area (Å²) in [7, 11) is 0. The second-order valence-corrected chi connectivity index (χ2v) is 11.3. The second kappa shape index (κ2) is 2.55. The maximum atomic E-state index is 2.30. The van der Waals surface area contributed by atoms with E-state index >= 15 is 0 Å². The molecule has 0 fully saturated rings. The first kappa shape index (κ1) is 11.5. The van der Waals surface area contributed by atoms with E-state index < -0.39 is 0 Å². The van der Waals surface area contributed by atoms with Crippen molar-refractivity contribution >= 4 is 151 Å². The molecule has 0 saturated heterocycles. The molecule has 0 unspecified atom stereocenters. The first-order chi connectivity index (χ1) is 16.0. The SMILES string of the molecule is c1cc2c1c1c2c2c1c1c2c2c1c1c2c2c1c1c3c4c5c6c7c8ccc8c7c6c5c4c3c21. The lowest BCUT2D eigenvalue weighted by molar-refractivity contribution is 1.86. The minimum atomic E-state index is 1.54. The highest BCUT2D eigenvalue weighted by Crippen LogP contribution is 2.74. The zero-order chi connectivity index (χ0) is 19.0. The van der Waals surface area contributed by atoms with Crippen molar-refractivity contribution in [2.75, 3.05) is 0 Å². The van der Waals surface area contributed by atoms with E-state index in [1.807, 2.05) is 0 Å². The fourth-order valence-electron chi connectivity index (χ4n) is 9.64. The van der Waals surface area contributed by atoms with E-state index in [2.05, 4.69) is 24.3 Å². The van der Waals surface area contributed by atoms with Crippen molar-refractivity contribution < 1.29 is 0 Å². The highest BCUT2D eigenvalue weighted by molar-refractivity contribution is 6.79. The molecule has 0 N–H and O–H groups in total. The molecule has 0 amide bonds. The van der Waals surface area contributed by atoms with Crippen molar-refractivity contribution in [1.29, 1.82) is 0 Å². The van der Waals surface area contributed by atoms with Gasteiger partial charge in [-0.05, 0) is 151 Å². The van der Waals surface area contributed by atoms with Gasteiger partial charge < -0.3 is 0 Å². The lowest BCUT2D eigenvalue weighted by atomic mass is 9.59. The van der Waals surface area contributed by atoms with Crippen LogP contribution < -0.4 is 0 Å². The summed E-state index contributed by atoms with van der Waals surface area (Å²) in [4.78, 5) is 0. The summed E-state index contributed by atoms with van der Waals surface area (Å²) in [5, 5.41) is 45.4. The summed E-state index contributed by atoms with van der Waals surface area (Å²) >= 11 is 0. The van der Waals surface area contributed by atoms with Crippen molar-refractivity contribution in [3.8, 4) is 0 Å². The van der Waals surface area contributed by atoms with E-state index in [9.17, 15) is 0 Å². The Hall–Kier alpha value is -4.16. The largest absolute Gasteiger partial charge is 0.0531 e. The van der Waals surface area contributed by atoms with E-state index in [4.69, 9.17) is 0 Å². The number of benzene rings is 14. The number of hydrogen-bond acceptors (Lipinski definition) is 0. The Morgan fingerprint density at radius 3 is 0.406 bits per heavy atom. The van der Waals surface area contributed by atoms with Crippen LogP contribution in [0.25, 0.3) is 151 Å². The molecule has 0 bridgehead atoms. The predicted octanol–water partition coefficient (Wildman–Crippen LogP) is 9.40. The highest BCUT2D eigenvalue weighted by Gasteiger charge is 2.44. The molecule has 0 aliphatic rings. The Labute approximate surface area is 175 Å². The van der Waals surface area contributed by atoms with E-state index in [0.29, 0.717) is 0 Å². The molecular formula is C32H4. The minimum Gasteiger partial charge on any atom is -0.0531 e. The third-order valence-electron chi connectivity index (χ3n) is 11.0. The van der Waals surface area contributed by atoms with E-state index in [0.717, 1.165) is 0 Å². The molecule has 0 heteroatoms. The van der Waals surface area contributed by atoms with Gasteiger partial charge in [-0.2, -0.15) is 0 Å². The quantitative estimate of drug-likeness (QED) is 0.227. The fourth-order valence-corrected chi connectivity index (χ4v) is 9.64. The van der Waals surface area contributed by atoms with E-state index in [-0.39, 0.29) is 0 Å². The van der Waals surface area contributed by atoms with Crippen molar-refractivity contribution in [2.45, 2.75) is 0 Å². The summed E-state index contributed by atoms with van der Waals surface area (Å²) in [5.41, 5.74) is 0. The molecule has 0 atom stereocenters. The molecule has 32 heavy (non-hydrogen) atoms. The van der Waals surface area contributed by atoms with Gasteiger partial charge in [-0.25, -0.2) is 0 Å². The molecule has 15 rings (SSSR count). The van der Waals surface area contributed by atoms with Crippen molar-refractivity contribution in [1.82, 2.24) is 0 Å². The summed E-state index contributed by atoms with van der Waals surface area (Å²) in [5.74, 6) is 0. The lowest BCUT2D eigenvalue weighted by Gasteiger charge is -2.42. The first-order valence-corrected chi connectivity index (χ1v) is 11.8. The number of hydrogen-bond donors (Lipinski definition) is 0. The van der Waals surface area contributed by atoms with Gasteiger partial charge in [0, 0.05) is 0 Å². The van der Waals surface area contributed by atoms with Crippen LogP contribution in [0.5, 0.6) is 0 Å². The maximum Gasteiger partial charge on any atom is -0.0000000000000204 e. The molecule has 15 aromatic rings. The molecule has 0 aliphatic carbocycles.